The lowest BCUT2D eigenvalue weighted by Crippen LogP contribution is -2.17. The predicted molar refractivity (Wildman–Crippen MR) is 103 cm³/mol. The molecule has 28 heavy (non-hydrogen) atoms. The summed E-state index contributed by atoms with van der Waals surface area (Å²) in [6, 6.07) is 17.0. The standard InChI is InChI=1S/C20H19F3N4O/c1-13(2)24-19-26-17(14-7-4-3-5-8-14)12-18(27-19)25-15-9-6-10-16(11-15)28-20(21,22)23/h3-13H,1-2H3,(H2,24,25,26,27). The van der Waals surface area contributed by atoms with Crippen molar-refractivity contribution in [3.8, 4) is 17.0 Å². The Kier molecular flexibility index (Phi) is 5.67. The van der Waals surface area contributed by atoms with Crippen LogP contribution < -0.4 is 15.4 Å². The Morgan fingerprint density at radius 3 is 2.36 bits per heavy atom. The maximum Gasteiger partial charge on any atom is 0.573 e. The van der Waals surface area contributed by atoms with Crippen molar-refractivity contribution < 1.29 is 17.9 Å². The molecule has 0 unspecified atom stereocenters. The largest absolute Gasteiger partial charge is 0.573 e. The summed E-state index contributed by atoms with van der Waals surface area (Å²) < 4.78 is 41.3. The van der Waals surface area contributed by atoms with Gasteiger partial charge in [0, 0.05) is 29.4 Å². The van der Waals surface area contributed by atoms with Crippen molar-refractivity contribution in [1.82, 2.24) is 9.97 Å². The van der Waals surface area contributed by atoms with Crippen molar-refractivity contribution in [3.63, 3.8) is 0 Å². The Labute approximate surface area is 160 Å². The van der Waals surface area contributed by atoms with Gasteiger partial charge in [-0.15, -0.1) is 13.2 Å². The van der Waals surface area contributed by atoms with Crippen LogP contribution in [0.1, 0.15) is 13.8 Å². The number of hydrogen-bond acceptors (Lipinski definition) is 5. The van der Waals surface area contributed by atoms with Gasteiger partial charge in [0.15, 0.2) is 0 Å². The number of aromatic nitrogens is 2. The fourth-order valence-corrected chi connectivity index (χ4v) is 2.51. The minimum absolute atomic E-state index is 0.113. The third-order valence-electron chi connectivity index (χ3n) is 3.55. The highest BCUT2D eigenvalue weighted by atomic mass is 19.4. The summed E-state index contributed by atoms with van der Waals surface area (Å²) >= 11 is 0. The molecule has 2 N–H and O–H groups in total. The molecule has 0 fully saturated rings. The van der Waals surface area contributed by atoms with E-state index >= 15 is 0 Å². The van der Waals surface area contributed by atoms with E-state index in [0.29, 0.717) is 23.1 Å². The molecule has 0 saturated carbocycles. The van der Waals surface area contributed by atoms with Crippen molar-refractivity contribution in [2.24, 2.45) is 0 Å². The molecule has 5 nitrogen and oxygen atoms in total. The van der Waals surface area contributed by atoms with Crippen LogP contribution in [0.3, 0.4) is 0 Å². The number of benzene rings is 2. The van der Waals surface area contributed by atoms with Crippen molar-refractivity contribution in [2.75, 3.05) is 10.6 Å². The molecule has 3 aromatic rings. The zero-order valence-corrected chi connectivity index (χ0v) is 15.3. The Morgan fingerprint density at radius 1 is 0.929 bits per heavy atom. The van der Waals surface area contributed by atoms with E-state index in [0.717, 1.165) is 5.56 Å². The molecule has 146 valence electrons. The summed E-state index contributed by atoms with van der Waals surface area (Å²) in [7, 11) is 0. The number of ether oxygens (including phenoxy) is 1. The SMILES string of the molecule is CC(C)Nc1nc(Nc2cccc(OC(F)(F)F)c2)cc(-c2ccccc2)n1. The molecule has 0 atom stereocenters. The number of nitrogens with one attached hydrogen (secondary N) is 2. The zero-order chi connectivity index (χ0) is 20.1. The van der Waals surface area contributed by atoms with Gasteiger partial charge in [-0.25, -0.2) is 4.98 Å². The van der Waals surface area contributed by atoms with Gasteiger partial charge in [-0.1, -0.05) is 36.4 Å². The molecular weight excluding hydrogens is 369 g/mol. The van der Waals surface area contributed by atoms with E-state index in [1.54, 1.807) is 12.1 Å². The molecule has 2 aromatic carbocycles. The fraction of sp³-hybridized carbons (Fsp3) is 0.200. The number of anilines is 3. The lowest BCUT2D eigenvalue weighted by Gasteiger charge is -2.14. The van der Waals surface area contributed by atoms with Gasteiger partial charge in [0.2, 0.25) is 5.95 Å². The second kappa shape index (κ2) is 8.16. The molecule has 3 rings (SSSR count). The first-order valence-corrected chi connectivity index (χ1v) is 8.62. The van der Waals surface area contributed by atoms with Gasteiger partial charge in [0.05, 0.1) is 5.69 Å². The number of alkyl halides is 3. The summed E-state index contributed by atoms with van der Waals surface area (Å²) in [4.78, 5) is 8.92. The van der Waals surface area contributed by atoms with Crippen LogP contribution in [-0.2, 0) is 0 Å². The average molecular weight is 388 g/mol. The van der Waals surface area contributed by atoms with Gasteiger partial charge in [-0.2, -0.15) is 4.98 Å². The third kappa shape index (κ3) is 5.60. The summed E-state index contributed by atoms with van der Waals surface area (Å²) in [5, 5.41) is 6.16. The molecule has 0 aliphatic heterocycles. The van der Waals surface area contributed by atoms with E-state index in [2.05, 4.69) is 25.3 Å². The molecule has 0 radical (unpaired) electrons. The zero-order valence-electron chi connectivity index (χ0n) is 15.3. The van der Waals surface area contributed by atoms with Crippen molar-refractivity contribution in [3.05, 3.63) is 60.7 Å². The molecule has 0 saturated heterocycles. The summed E-state index contributed by atoms with van der Waals surface area (Å²) in [6.45, 7) is 3.92. The molecule has 0 amide bonds. The Balaban J connectivity index is 1.92. The van der Waals surface area contributed by atoms with Gasteiger partial charge in [0.25, 0.3) is 0 Å². The molecule has 1 heterocycles. The fourth-order valence-electron chi connectivity index (χ4n) is 2.51. The predicted octanol–water partition coefficient (Wildman–Crippen LogP) is 5.61. The maximum atomic E-state index is 12.4. The lowest BCUT2D eigenvalue weighted by atomic mass is 10.1. The minimum atomic E-state index is -4.75. The number of rotatable bonds is 6. The Bertz CT molecular complexity index is 930. The highest BCUT2D eigenvalue weighted by molar-refractivity contribution is 5.67. The lowest BCUT2D eigenvalue weighted by molar-refractivity contribution is -0.274. The second-order valence-corrected chi connectivity index (χ2v) is 6.33. The third-order valence-corrected chi connectivity index (χ3v) is 3.55. The minimum Gasteiger partial charge on any atom is -0.406 e. The number of nitrogens with zero attached hydrogens (tertiary/aromatic N) is 2. The summed E-state index contributed by atoms with van der Waals surface area (Å²) in [5.41, 5.74) is 1.99. The molecular formula is C20H19F3N4O. The van der Waals surface area contributed by atoms with Crippen LogP contribution in [0.5, 0.6) is 5.75 Å². The van der Waals surface area contributed by atoms with E-state index in [9.17, 15) is 13.2 Å². The first-order chi connectivity index (χ1) is 13.3. The first kappa shape index (κ1) is 19.5. The van der Waals surface area contributed by atoms with Gasteiger partial charge in [-0.05, 0) is 26.0 Å². The van der Waals surface area contributed by atoms with Crippen LogP contribution in [0.4, 0.5) is 30.6 Å². The quantitative estimate of drug-likeness (QED) is 0.575. The maximum absolute atomic E-state index is 12.4. The topological polar surface area (TPSA) is 59.1 Å². The molecule has 0 spiro atoms. The second-order valence-electron chi connectivity index (χ2n) is 6.33. The highest BCUT2D eigenvalue weighted by Gasteiger charge is 2.31. The number of hydrogen-bond donors (Lipinski definition) is 2. The smallest absolute Gasteiger partial charge is 0.406 e. The average Bonchev–Trinajstić information content (AvgIpc) is 2.60. The Morgan fingerprint density at radius 2 is 1.68 bits per heavy atom. The summed E-state index contributed by atoms with van der Waals surface area (Å²) in [6.07, 6.45) is -4.75. The van der Waals surface area contributed by atoms with E-state index < -0.39 is 6.36 Å². The van der Waals surface area contributed by atoms with Crippen molar-refractivity contribution in [1.29, 1.82) is 0 Å². The molecule has 1 aromatic heterocycles. The molecule has 0 aliphatic carbocycles. The first-order valence-electron chi connectivity index (χ1n) is 8.62. The van der Waals surface area contributed by atoms with Gasteiger partial charge >= 0.3 is 6.36 Å². The van der Waals surface area contributed by atoms with Gasteiger partial charge < -0.3 is 15.4 Å². The highest BCUT2D eigenvalue weighted by Crippen LogP contribution is 2.28. The van der Waals surface area contributed by atoms with E-state index in [4.69, 9.17) is 0 Å². The van der Waals surface area contributed by atoms with Gasteiger partial charge in [-0.3, -0.25) is 0 Å². The van der Waals surface area contributed by atoms with Crippen molar-refractivity contribution >= 4 is 17.5 Å². The van der Waals surface area contributed by atoms with Gasteiger partial charge in [0.1, 0.15) is 11.6 Å². The van der Waals surface area contributed by atoms with Crippen LogP contribution in [0, 0.1) is 0 Å². The van der Waals surface area contributed by atoms with Crippen LogP contribution in [-0.4, -0.2) is 22.4 Å². The molecule has 0 aliphatic rings. The van der Waals surface area contributed by atoms with Crippen LogP contribution in [0.2, 0.25) is 0 Å². The van der Waals surface area contributed by atoms with E-state index in [1.165, 1.54) is 18.2 Å². The normalized spacial score (nSPS) is 11.4. The molecule has 8 heteroatoms. The molecule has 0 bridgehead atoms. The van der Waals surface area contributed by atoms with E-state index in [-0.39, 0.29) is 11.8 Å². The Hall–Kier alpha value is -3.29. The summed E-state index contributed by atoms with van der Waals surface area (Å²) in [5.74, 6) is 0.554. The van der Waals surface area contributed by atoms with E-state index in [1.807, 2.05) is 44.2 Å². The monoisotopic (exact) mass is 388 g/mol. The van der Waals surface area contributed by atoms with Crippen molar-refractivity contribution in [2.45, 2.75) is 26.3 Å². The van der Waals surface area contributed by atoms with Crippen LogP contribution in [0.15, 0.2) is 60.7 Å². The van der Waals surface area contributed by atoms with Crippen LogP contribution in [0.25, 0.3) is 11.3 Å². The number of halogens is 3. The van der Waals surface area contributed by atoms with Crippen LogP contribution >= 0.6 is 0 Å².